The van der Waals surface area contributed by atoms with E-state index in [1.807, 2.05) is 41.3 Å². The zero-order valence-electron chi connectivity index (χ0n) is 23.8. The number of benzene rings is 4. The number of carbonyl (C=O) groups is 2. The van der Waals surface area contributed by atoms with E-state index in [-0.39, 0.29) is 23.3 Å². The molecule has 0 unspecified atom stereocenters. The first-order chi connectivity index (χ1) is 20.8. The van der Waals surface area contributed by atoms with Gasteiger partial charge in [0.15, 0.2) is 5.75 Å². The van der Waals surface area contributed by atoms with Gasteiger partial charge in [-0.25, -0.2) is 0 Å². The second-order valence-electron chi connectivity index (χ2n) is 10.6. The third-order valence-electron chi connectivity index (χ3n) is 7.95. The van der Waals surface area contributed by atoms with Crippen LogP contribution in [0, 0.1) is 10.1 Å². The van der Waals surface area contributed by atoms with Crippen LogP contribution in [0.3, 0.4) is 0 Å². The van der Waals surface area contributed by atoms with Crippen LogP contribution in [-0.2, 0) is 24.2 Å². The highest BCUT2D eigenvalue weighted by atomic mass is 16.6. The number of hydrogen-bond donors (Lipinski definition) is 2. The van der Waals surface area contributed by atoms with Crippen LogP contribution in [-0.4, -0.2) is 42.4 Å². The molecule has 0 radical (unpaired) electrons. The second-order valence-corrected chi connectivity index (χ2v) is 10.6. The summed E-state index contributed by atoms with van der Waals surface area (Å²) in [5.74, 6) is 0.613. The number of nitrogens with one attached hydrogen (secondary N) is 2. The fourth-order valence-corrected chi connectivity index (χ4v) is 5.75. The van der Waals surface area contributed by atoms with E-state index in [1.54, 1.807) is 31.4 Å². The third kappa shape index (κ3) is 5.46. The molecule has 0 atom stereocenters. The maximum Gasteiger partial charge on any atom is 0.310 e. The summed E-state index contributed by atoms with van der Waals surface area (Å²) in [4.78, 5) is 39.4. The van der Waals surface area contributed by atoms with Crippen LogP contribution >= 0.6 is 0 Å². The molecule has 10 heteroatoms. The fraction of sp³-hybridized carbons (Fsp3) is 0.212. The van der Waals surface area contributed by atoms with Gasteiger partial charge >= 0.3 is 5.69 Å². The lowest BCUT2D eigenvalue weighted by Crippen LogP contribution is -2.37. The number of nitro groups is 1. The van der Waals surface area contributed by atoms with Crippen molar-refractivity contribution >= 4 is 34.6 Å². The molecule has 0 bridgehead atoms. The van der Waals surface area contributed by atoms with Gasteiger partial charge in [-0.05, 0) is 71.0 Å². The van der Waals surface area contributed by atoms with E-state index >= 15 is 0 Å². The average molecular weight is 579 g/mol. The monoisotopic (exact) mass is 578 g/mol. The van der Waals surface area contributed by atoms with E-state index in [0.717, 1.165) is 22.3 Å². The van der Waals surface area contributed by atoms with Gasteiger partial charge in [0.25, 0.3) is 5.91 Å². The minimum atomic E-state index is -0.485. The molecular formula is C33H30N4O6. The molecule has 2 heterocycles. The van der Waals surface area contributed by atoms with Gasteiger partial charge in [-0.2, -0.15) is 0 Å². The van der Waals surface area contributed by atoms with Crippen LogP contribution in [0.15, 0.2) is 72.8 Å². The number of methoxy groups -OCH3 is 2. The first kappa shape index (κ1) is 27.8. The first-order valence-corrected chi connectivity index (χ1v) is 14.0. The van der Waals surface area contributed by atoms with E-state index in [1.165, 1.54) is 13.2 Å². The van der Waals surface area contributed by atoms with Crippen molar-refractivity contribution in [3.63, 3.8) is 0 Å². The Morgan fingerprint density at radius 1 is 0.860 bits per heavy atom. The topological polar surface area (TPSA) is 123 Å². The van der Waals surface area contributed by atoms with Gasteiger partial charge in [0.2, 0.25) is 5.91 Å². The SMILES string of the molecule is COc1ccc2c(c1)Nc1cc(-c3ccc([N+](=O)[O-])c(OC)c3)cc(CCCN3Cc4ccccc4CC3=O)c1C(=O)N2. The fourth-order valence-electron chi connectivity index (χ4n) is 5.75. The van der Waals surface area contributed by atoms with Gasteiger partial charge in [-0.3, -0.25) is 19.7 Å². The number of nitro benzene ring substituents is 1. The predicted molar refractivity (Wildman–Crippen MR) is 163 cm³/mol. The Labute approximate surface area is 248 Å². The van der Waals surface area contributed by atoms with Crippen LogP contribution in [0.5, 0.6) is 11.5 Å². The molecule has 2 aliphatic heterocycles. The van der Waals surface area contributed by atoms with Crippen molar-refractivity contribution < 1.29 is 24.0 Å². The standard InChI is InChI=1S/C33H30N4O6/c1-42-25-10-11-26-27(18-25)34-28-15-24(21-9-12-29(37(40)41)30(16-21)43-2)14-22(32(28)33(39)35-26)8-5-13-36-19-23-7-4-3-6-20(23)17-31(36)38/h3-4,6-7,9-12,14-16,18,34H,5,8,13,17,19H2,1-2H3,(H,35,39). The van der Waals surface area contributed by atoms with Crippen LogP contribution in [0.1, 0.15) is 33.5 Å². The molecule has 0 saturated heterocycles. The number of ether oxygens (including phenoxy) is 2. The summed E-state index contributed by atoms with van der Waals surface area (Å²) >= 11 is 0. The van der Waals surface area contributed by atoms with E-state index in [0.29, 0.717) is 66.3 Å². The molecule has 2 amide bonds. The van der Waals surface area contributed by atoms with Crippen molar-refractivity contribution in [3.8, 4) is 22.6 Å². The molecule has 4 aromatic carbocycles. The van der Waals surface area contributed by atoms with Crippen molar-refractivity contribution in [2.75, 3.05) is 31.4 Å². The minimum Gasteiger partial charge on any atom is -0.497 e. The number of nitrogens with zero attached hydrogens (tertiary/aromatic N) is 2. The summed E-state index contributed by atoms with van der Waals surface area (Å²) in [6, 6.07) is 21.9. The van der Waals surface area contributed by atoms with E-state index in [2.05, 4.69) is 16.7 Å². The van der Waals surface area contributed by atoms with Crippen molar-refractivity contribution in [2.24, 2.45) is 0 Å². The molecule has 43 heavy (non-hydrogen) atoms. The Bertz CT molecular complexity index is 1770. The number of hydrogen-bond acceptors (Lipinski definition) is 7. The molecule has 10 nitrogen and oxygen atoms in total. The molecule has 2 N–H and O–H groups in total. The zero-order chi connectivity index (χ0) is 30.1. The minimum absolute atomic E-state index is 0.0908. The van der Waals surface area contributed by atoms with Gasteiger partial charge in [-0.1, -0.05) is 30.3 Å². The van der Waals surface area contributed by atoms with Gasteiger partial charge in [0.1, 0.15) is 5.75 Å². The second kappa shape index (κ2) is 11.5. The molecule has 4 aromatic rings. The van der Waals surface area contributed by atoms with E-state index in [4.69, 9.17) is 9.47 Å². The zero-order valence-corrected chi connectivity index (χ0v) is 23.8. The van der Waals surface area contributed by atoms with E-state index < -0.39 is 4.92 Å². The summed E-state index contributed by atoms with van der Waals surface area (Å²) in [6.07, 6.45) is 1.55. The van der Waals surface area contributed by atoms with Crippen LogP contribution in [0.4, 0.5) is 22.7 Å². The van der Waals surface area contributed by atoms with Crippen LogP contribution < -0.4 is 20.1 Å². The number of carbonyl (C=O) groups excluding carboxylic acids is 2. The quantitative estimate of drug-likeness (QED) is 0.191. The lowest BCUT2D eigenvalue weighted by Gasteiger charge is -2.29. The summed E-state index contributed by atoms with van der Waals surface area (Å²) in [6.45, 7) is 1.11. The molecule has 0 spiro atoms. The Kier molecular flexibility index (Phi) is 7.41. The van der Waals surface area contributed by atoms with Crippen molar-refractivity contribution in [3.05, 3.63) is 105 Å². The highest BCUT2D eigenvalue weighted by molar-refractivity contribution is 6.13. The largest absolute Gasteiger partial charge is 0.497 e. The average Bonchev–Trinajstić information content (AvgIpc) is 3.15. The summed E-state index contributed by atoms with van der Waals surface area (Å²) in [5, 5.41) is 17.9. The highest BCUT2D eigenvalue weighted by Crippen LogP contribution is 2.40. The van der Waals surface area contributed by atoms with Crippen LogP contribution in [0.25, 0.3) is 11.1 Å². The highest BCUT2D eigenvalue weighted by Gasteiger charge is 2.26. The smallest absolute Gasteiger partial charge is 0.310 e. The Morgan fingerprint density at radius 2 is 1.67 bits per heavy atom. The summed E-state index contributed by atoms with van der Waals surface area (Å²) in [7, 11) is 2.97. The predicted octanol–water partition coefficient (Wildman–Crippen LogP) is 6.11. The summed E-state index contributed by atoms with van der Waals surface area (Å²) in [5.41, 5.74) is 6.73. The molecule has 0 fully saturated rings. The molecule has 0 aliphatic carbocycles. The number of rotatable bonds is 8. The maximum absolute atomic E-state index is 13.6. The maximum atomic E-state index is 13.6. The third-order valence-corrected chi connectivity index (χ3v) is 7.95. The normalized spacial score (nSPS) is 13.6. The molecule has 0 aromatic heterocycles. The Balaban J connectivity index is 1.36. The number of fused-ring (bicyclic) bond motifs is 3. The first-order valence-electron chi connectivity index (χ1n) is 14.0. The number of amides is 2. The van der Waals surface area contributed by atoms with Gasteiger partial charge < -0.3 is 25.0 Å². The molecule has 6 rings (SSSR count). The number of aryl methyl sites for hydroxylation is 1. The Morgan fingerprint density at radius 3 is 2.44 bits per heavy atom. The van der Waals surface area contributed by atoms with Crippen LogP contribution in [0.2, 0.25) is 0 Å². The lowest BCUT2D eigenvalue weighted by molar-refractivity contribution is -0.385. The van der Waals surface area contributed by atoms with Gasteiger partial charge in [0.05, 0.1) is 48.2 Å². The van der Waals surface area contributed by atoms with Crippen molar-refractivity contribution in [1.82, 2.24) is 4.90 Å². The Hall–Kier alpha value is -5.38. The summed E-state index contributed by atoms with van der Waals surface area (Å²) < 4.78 is 10.7. The lowest BCUT2D eigenvalue weighted by atomic mass is 9.93. The molecule has 0 saturated carbocycles. The van der Waals surface area contributed by atoms with Gasteiger partial charge in [-0.15, -0.1) is 0 Å². The molecule has 2 aliphatic rings. The number of anilines is 3. The van der Waals surface area contributed by atoms with Crippen molar-refractivity contribution in [1.29, 1.82) is 0 Å². The van der Waals surface area contributed by atoms with Crippen molar-refractivity contribution in [2.45, 2.75) is 25.8 Å². The van der Waals surface area contributed by atoms with Gasteiger partial charge in [0, 0.05) is 25.2 Å². The molecule has 218 valence electrons. The molecular weight excluding hydrogens is 548 g/mol. The van der Waals surface area contributed by atoms with E-state index in [9.17, 15) is 19.7 Å².